The minimum atomic E-state index is -1.01. The number of carbonyl (C=O) groups excluding carboxylic acids is 2. The quantitative estimate of drug-likeness (QED) is 0.593. The number of esters is 1. The number of hydrogen-bond acceptors (Lipinski definition) is 6. The average molecular weight is 409 g/mol. The van der Waals surface area contributed by atoms with Crippen LogP contribution in [0.1, 0.15) is 17.3 Å². The fourth-order valence-electron chi connectivity index (χ4n) is 2.99. The van der Waals surface area contributed by atoms with Gasteiger partial charge >= 0.3 is 5.97 Å². The zero-order valence-corrected chi connectivity index (χ0v) is 17.2. The van der Waals surface area contributed by atoms with E-state index >= 15 is 0 Å². The molecule has 7 heteroatoms. The zero-order chi connectivity index (χ0) is 21.7. The minimum absolute atomic E-state index is 0.176. The van der Waals surface area contributed by atoms with Crippen LogP contribution in [0.2, 0.25) is 0 Å². The Labute approximate surface area is 174 Å². The van der Waals surface area contributed by atoms with Crippen LogP contribution in [0.25, 0.3) is 10.8 Å². The van der Waals surface area contributed by atoms with Crippen molar-refractivity contribution < 1.29 is 28.5 Å². The van der Waals surface area contributed by atoms with Gasteiger partial charge in [-0.05, 0) is 42.0 Å². The van der Waals surface area contributed by atoms with Gasteiger partial charge in [0.15, 0.2) is 17.6 Å². The topological polar surface area (TPSA) is 83.1 Å². The van der Waals surface area contributed by atoms with E-state index in [1.807, 2.05) is 36.4 Å². The standard InChI is InChI=1S/C23H23NO6/c1-14(22(25)24-18-10-9-15-7-5-6-8-16(15)11-18)30-23(26)17-12-19(27-2)21(29-4)20(13-17)28-3/h5-14H,1-4H3,(H,24,25)/t14-/m0/s1. The highest BCUT2D eigenvalue weighted by Gasteiger charge is 2.22. The van der Waals surface area contributed by atoms with Crippen LogP contribution in [0.15, 0.2) is 54.6 Å². The first-order valence-corrected chi connectivity index (χ1v) is 9.27. The highest BCUT2D eigenvalue weighted by Crippen LogP contribution is 2.38. The van der Waals surface area contributed by atoms with E-state index in [0.717, 1.165) is 10.8 Å². The van der Waals surface area contributed by atoms with E-state index in [1.54, 1.807) is 6.07 Å². The van der Waals surface area contributed by atoms with E-state index in [4.69, 9.17) is 18.9 Å². The predicted octanol–water partition coefficient (Wildman–Crippen LogP) is 4.05. The Bertz CT molecular complexity index is 1050. The molecule has 156 valence electrons. The summed E-state index contributed by atoms with van der Waals surface area (Å²) in [6, 6.07) is 16.3. The van der Waals surface area contributed by atoms with E-state index in [1.165, 1.54) is 40.4 Å². The Hall–Kier alpha value is -3.74. The lowest BCUT2D eigenvalue weighted by molar-refractivity contribution is -0.123. The first-order chi connectivity index (χ1) is 14.5. The van der Waals surface area contributed by atoms with Crippen LogP contribution in [0.5, 0.6) is 17.2 Å². The Morgan fingerprint density at radius 2 is 1.47 bits per heavy atom. The van der Waals surface area contributed by atoms with Gasteiger partial charge in [0.1, 0.15) is 0 Å². The van der Waals surface area contributed by atoms with Crippen molar-refractivity contribution in [3.63, 3.8) is 0 Å². The third kappa shape index (κ3) is 4.46. The van der Waals surface area contributed by atoms with Crippen molar-refractivity contribution in [1.82, 2.24) is 0 Å². The molecule has 3 aromatic carbocycles. The fraction of sp³-hybridized carbons (Fsp3) is 0.217. The number of carbonyl (C=O) groups is 2. The minimum Gasteiger partial charge on any atom is -0.493 e. The lowest BCUT2D eigenvalue weighted by atomic mass is 10.1. The molecule has 30 heavy (non-hydrogen) atoms. The van der Waals surface area contributed by atoms with Gasteiger partial charge in [-0.3, -0.25) is 4.79 Å². The lowest BCUT2D eigenvalue weighted by Gasteiger charge is -2.16. The molecule has 0 radical (unpaired) electrons. The van der Waals surface area contributed by atoms with Crippen molar-refractivity contribution in [2.45, 2.75) is 13.0 Å². The van der Waals surface area contributed by atoms with Gasteiger partial charge in [0.25, 0.3) is 5.91 Å². The summed E-state index contributed by atoms with van der Waals surface area (Å²) >= 11 is 0. The predicted molar refractivity (Wildman–Crippen MR) is 114 cm³/mol. The lowest BCUT2D eigenvalue weighted by Crippen LogP contribution is -2.30. The summed E-state index contributed by atoms with van der Waals surface area (Å²) in [5.41, 5.74) is 0.796. The first kappa shape index (κ1) is 21.0. The van der Waals surface area contributed by atoms with Crippen LogP contribution in [0.3, 0.4) is 0 Å². The summed E-state index contributed by atoms with van der Waals surface area (Å²) in [6.45, 7) is 1.51. The second-order valence-electron chi connectivity index (χ2n) is 6.51. The first-order valence-electron chi connectivity index (χ1n) is 9.27. The molecule has 0 aliphatic carbocycles. The highest BCUT2D eigenvalue weighted by molar-refractivity contribution is 5.99. The highest BCUT2D eigenvalue weighted by atomic mass is 16.5. The largest absolute Gasteiger partial charge is 0.493 e. The number of amides is 1. The second-order valence-corrected chi connectivity index (χ2v) is 6.51. The van der Waals surface area contributed by atoms with Gasteiger partial charge in [0.2, 0.25) is 5.75 Å². The normalized spacial score (nSPS) is 11.5. The van der Waals surface area contributed by atoms with Crippen LogP contribution in [-0.2, 0) is 9.53 Å². The van der Waals surface area contributed by atoms with Crippen molar-refractivity contribution in [3.05, 3.63) is 60.2 Å². The number of fused-ring (bicyclic) bond motifs is 1. The number of anilines is 1. The molecule has 0 aliphatic heterocycles. The van der Waals surface area contributed by atoms with Crippen molar-refractivity contribution in [1.29, 1.82) is 0 Å². The average Bonchev–Trinajstić information content (AvgIpc) is 2.77. The molecule has 0 spiro atoms. The fourth-order valence-corrected chi connectivity index (χ4v) is 2.99. The second kappa shape index (κ2) is 9.17. The molecular weight excluding hydrogens is 386 g/mol. The van der Waals surface area contributed by atoms with Gasteiger partial charge in [0, 0.05) is 5.69 Å². The van der Waals surface area contributed by atoms with Gasteiger partial charge < -0.3 is 24.3 Å². The molecule has 3 rings (SSSR count). The number of nitrogens with one attached hydrogen (secondary N) is 1. The van der Waals surface area contributed by atoms with Crippen LogP contribution in [-0.4, -0.2) is 39.3 Å². The van der Waals surface area contributed by atoms with E-state index in [2.05, 4.69) is 5.32 Å². The molecule has 0 fully saturated rings. The number of rotatable bonds is 7. The third-order valence-electron chi connectivity index (χ3n) is 4.57. The van der Waals surface area contributed by atoms with Gasteiger partial charge in [-0.2, -0.15) is 0 Å². The Morgan fingerprint density at radius 3 is 2.07 bits per heavy atom. The van der Waals surface area contributed by atoms with Crippen molar-refractivity contribution >= 4 is 28.3 Å². The summed E-state index contributed by atoms with van der Waals surface area (Å²) in [5.74, 6) is -0.130. The van der Waals surface area contributed by atoms with E-state index in [-0.39, 0.29) is 5.56 Å². The Balaban J connectivity index is 1.72. The number of benzene rings is 3. The molecule has 0 saturated carbocycles. The van der Waals surface area contributed by atoms with Gasteiger partial charge in [-0.1, -0.05) is 30.3 Å². The molecule has 0 aliphatic rings. The molecular formula is C23H23NO6. The van der Waals surface area contributed by atoms with Gasteiger partial charge in [-0.25, -0.2) is 4.79 Å². The summed E-state index contributed by atoms with van der Waals surface area (Å²) in [5, 5.41) is 4.83. The van der Waals surface area contributed by atoms with Crippen LogP contribution in [0.4, 0.5) is 5.69 Å². The molecule has 1 atom stereocenters. The molecule has 0 saturated heterocycles. The maximum Gasteiger partial charge on any atom is 0.339 e. The smallest absolute Gasteiger partial charge is 0.339 e. The molecule has 1 amide bonds. The van der Waals surface area contributed by atoms with Crippen molar-refractivity contribution in [3.8, 4) is 17.2 Å². The molecule has 0 heterocycles. The van der Waals surface area contributed by atoms with Crippen molar-refractivity contribution in [2.24, 2.45) is 0 Å². The Morgan fingerprint density at radius 1 is 0.833 bits per heavy atom. The maximum atomic E-state index is 12.6. The zero-order valence-electron chi connectivity index (χ0n) is 17.2. The summed E-state index contributed by atoms with van der Waals surface area (Å²) in [7, 11) is 4.37. The molecule has 0 bridgehead atoms. The Kier molecular flexibility index (Phi) is 6.41. The van der Waals surface area contributed by atoms with E-state index in [0.29, 0.717) is 22.9 Å². The summed E-state index contributed by atoms with van der Waals surface area (Å²) in [4.78, 5) is 25.1. The van der Waals surface area contributed by atoms with E-state index in [9.17, 15) is 9.59 Å². The van der Waals surface area contributed by atoms with Crippen LogP contribution >= 0.6 is 0 Å². The molecule has 7 nitrogen and oxygen atoms in total. The molecule has 0 aromatic heterocycles. The van der Waals surface area contributed by atoms with Crippen molar-refractivity contribution in [2.75, 3.05) is 26.6 Å². The molecule has 3 aromatic rings. The molecule has 1 N–H and O–H groups in total. The summed E-state index contributed by atoms with van der Waals surface area (Å²) in [6.07, 6.45) is -1.01. The summed E-state index contributed by atoms with van der Waals surface area (Å²) < 4.78 is 21.1. The SMILES string of the molecule is COc1cc(C(=O)O[C@@H](C)C(=O)Nc2ccc3ccccc3c2)cc(OC)c1OC. The third-order valence-corrected chi connectivity index (χ3v) is 4.57. The number of ether oxygens (including phenoxy) is 4. The number of methoxy groups -OCH3 is 3. The molecule has 0 unspecified atom stereocenters. The van der Waals surface area contributed by atoms with Gasteiger partial charge in [0.05, 0.1) is 26.9 Å². The van der Waals surface area contributed by atoms with Crippen LogP contribution in [0, 0.1) is 0 Å². The number of hydrogen-bond donors (Lipinski definition) is 1. The van der Waals surface area contributed by atoms with E-state index < -0.39 is 18.0 Å². The monoisotopic (exact) mass is 409 g/mol. The van der Waals surface area contributed by atoms with Gasteiger partial charge in [-0.15, -0.1) is 0 Å². The van der Waals surface area contributed by atoms with Crippen LogP contribution < -0.4 is 19.5 Å². The maximum absolute atomic E-state index is 12.6.